The first-order valence-corrected chi connectivity index (χ1v) is 11.0. The summed E-state index contributed by atoms with van der Waals surface area (Å²) in [4.78, 5) is 35.8. The molecule has 0 spiro atoms. The Bertz CT molecular complexity index is 966. The molecule has 2 aromatic carbocycles. The Morgan fingerprint density at radius 1 is 1.03 bits per heavy atom. The Kier molecular flexibility index (Phi) is 9.46. The molecule has 7 nitrogen and oxygen atoms in total. The highest BCUT2D eigenvalue weighted by molar-refractivity contribution is 9.10. The van der Waals surface area contributed by atoms with Crippen molar-refractivity contribution in [3.63, 3.8) is 0 Å². The lowest BCUT2D eigenvalue weighted by atomic mass is 10.2. The number of halogens is 1. The standard InChI is InChI=1S/C24H28BrN3O4/c1-24(2,3)32-23(31)26-14-13-22(30)28-20-6-4-5-18(15-20)16-27-21(29)12-9-17-7-10-19(25)11-8-17/h4-12,15H,13-14,16H2,1-3H3,(H,26,31)(H,27,29)(H,28,30)/b12-9+. The van der Waals surface area contributed by atoms with Gasteiger partial charge < -0.3 is 20.7 Å². The van der Waals surface area contributed by atoms with Gasteiger partial charge in [-0.2, -0.15) is 0 Å². The van der Waals surface area contributed by atoms with Gasteiger partial charge in [0.25, 0.3) is 0 Å². The molecule has 0 unspecified atom stereocenters. The Morgan fingerprint density at radius 3 is 2.44 bits per heavy atom. The lowest BCUT2D eigenvalue weighted by Crippen LogP contribution is -2.34. The van der Waals surface area contributed by atoms with Gasteiger partial charge in [-0.15, -0.1) is 0 Å². The van der Waals surface area contributed by atoms with Gasteiger partial charge in [-0.1, -0.05) is 40.2 Å². The molecule has 0 saturated carbocycles. The predicted octanol–water partition coefficient (Wildman–Crippen LogP) is 4.63. The molecule has 8 heteroatoms. The van der Waals surface area contributed by atoms with Gasteiger partial charge in [-0.3, -0.25) is 9.59 Å². The number of rotatable bonds is 8. The molecular formula is C24H28BrN3O4. The summed E-state index contributed by atoms with van der Waals surface area (Å²) in [6.45, 7) is 5.81. The van der Waals surface area contributed by atoms with Gasteiger partial charge in [0.1, 0.15) is 5.60 Å². The number of ether oxygens (including phenoxy) is 1. The quantitative estimate of drug-likeness (QED) is 0.459. The molecule has 0 aliphatic carbocycles. The summed E-state index contributed by atoms with van der Waals surface area (Å²) in [6.07, 6.45) is 2.77. The van der Waals surface area contributed by atoms with Crippen LogP contribution in [-0.2, 0) is 20.9 Å². The van der Waals surface area contributed by atoms with Crippen LogP contribution < -0.4 is 16.0 Å². The summed E-state index contributed by atoms with van der Waals surface area (Å²) in [7, 11) is 0. The first-order valence-electron chi connectivity index (χ1n) is 10.2. The highest BCUT2D eigenvalue weighted by Crippen LogP contribution is 2.12. The van der Waals surface area contributed by atoms with Crippen molar-refractivity contribution >= 4 is 45.6 Å². The Balaban J connectivity index is 1.76. The molecule has 0 fully saturated rings. The van der Waals surface area contributed by atoms with E-state index in [1.54, 1.807) is 45.0 Å². The van der Waals surface area contributed by atoms with Crippen LogP contribution in [0.15, 0.2) is 59.1 Å². The van der Waals surface area contributed by atoms with Gasteiger partial charge in [0.05, 0.1) is 0 Å². The van der Waals surface area contributed by atoms with Gasteiger partial charge in [-0.05, 0) is 62.2 Å². The minimum atomic E-state index is -0.586. The van der Waals surface area contributed by atoms with Crippen LogP contribution in [0.4, 0.5) is 10.5 Å². The molecule has 170 valence electrons. The second kappa shape index (κ2) is 12.0. The fourth-order valence-electron chi connectivity index (χ4n) is 2.57. The van der Waals surface area contributed by atoms with Crippen molar-refractivity contribution in [3.05, 3.63) is 70.2 Å². The lowest BCUT2D eigenvalue weighted by molar-refractivity contribution is -0.117. The maximum absolute atomic E-state index is 12.1. The van der Waals surface area contributed by atoms with E-state index in [4.69, 9.17) is 4.74 Å². The molecule has 0 aliphatic heterocycles. The van der Waals surface area contributed by atoms with E-state index in [-0.39, 0.29) is 24.8 Å². The van der Waals surface area contributed by atoms with Crippen molar-refractivity contribution in [2.45, 2.75) is 39.3 Å². The van der Waals surface area contributed by atoms with Gasteiger partial charge in [0.15, 0.2) is 0 Å². The maximum Gasteiger partial charge on any atom is 0.407 e. The maximum atomic E-state index is 12.1. The average Bonchev–Trinajstić information content (AvgIpc) is 2.71. The number of carbonyl (C=O) groups is 3. The molecule has 0 aromatic heterocycles. The molecule has 3 N–H and O–H groups in total. The summed E-state index contributed by atoms with van der Waals surface area (Å²) in [5, 5.41) is 8.15. The molecule has 0 saturated heterocycles. The zero-order valence-corrected chi connectivity index (χ0v) is 20.0. The molecule has 3 amide bonds. The molecular weight excluding hydrogens is 474 g/mol. The second-order valence-electron chi connectivity index (χ2n) is 8.03. The zero-order chi connectivity index (χ0) is 23.6. The summed E-state index contributed by atoms with van der Waals surface area (Å²) >= 11 is 3.37. The Hall–Kier alpha value is -3.13. The van der Waals surface area contributed by atoms with Gasteiger partial charge in [0, 0.05) is 35.7 Å². The highest BCUT2D eigenvalue weighted by atomic mass is 79.9. The highest BCUT2D eigenvalue weighted by Gasteiger charge is 2.15. The van der Waals surface area contributed by atoms with Crippen LogP contribution in [0, 0.1) is 0 Å². The van der Waals surface area contributed by atoms with Crippen molar-refractivity contribution in [1.29, 1.82) is 0 Å². The predicted molar refractivity (Wildman–Crippen MR) is 129 cm³/mol. The summed E-state index contributed by atoms with van der Waals surface area (Å²) in [5.41, 5.74) is 1.80. The number of carbonyl (C=O) groups excluding carboxylic acids is 3. The summed E-state index contributed by atoms with van der Waals surface area (Å²) < 4.78 is 6.10. The average molecular weight is 502 g/mol. The lowest BCUT2D eigenvalue weighted by Gasteiger charge is -2.19. The number of hydrogen-bond acceptors (Lipinski definition) is 4. The molecule has 0 heterocycles. The third-order valence-corrected chi connectivity index (χ3v) is 4.52. The van der Waals surface area contributed by atoms with E-state index in [2.05, 4.69) is 31.9 Å². The van der Waals surface area contributed by atoms with E-state index < -0.39 is 11.7 Å². The third kappa shape index (κ3) is 10.3. The number of amides is 3. The van der Waals surface area contributed by atoms with Crippen LogP contribution in [0.25, 0.3) is 6.08 Å². The first-order chi connectivity index (χ1) is 15.1. The van der Waals surface area contributed by atoms with E-state index in [1.807, 2.05) is 30.3 Å². The normalized spacial score (nSPS) is 11.1. The largest absolute Gasteiger partial charge is 0.444 e. The minimum absolute atomic E-state index is 0.112. The fourth-order valence-corrected chi connectivity index (χ4v) is 2.83. The Morgan fingerprint density at radius 2 is 1.75 bits per heavy atom. The fraction of sp³-hybridized carbons (Fsp3) is 0.292. The van der Waals surface area contributed by atoms with E-state index in [9.17, 15) is 14.4 Å². The molecule has 32 heavy (non-hydrogen) atoms. The van der Waals surface area contributed by atoms with E-state index in [0.29, 0.717) is 12.2 Å². The molecule has 0 aliphatic rings. The first kappa shape index (κ1) is 25.1. The smallest absolute Gasteiger partial charge is 0.407 e. The molecule has 0 atom stereocenters. The minimum Gasteiger partial charge on any atom is -0.444 e. The second-order valence-corrected chi connectivity index (χ2v) is 8.95. The van der Waals surface area contributed by atoms with Crippen LogP contribution in [0.3, 0.4) is 0 Å². The summed E-state index contributed by atoms with van der Waals surface area (Å²) in [6, 6.07) is 14.8. The van der Waals surface area contributed by atoms with Crippen molar-refractivity contribution in [2.75, 3.05) is 11.9 Å². The van der Waals surface area contributed by atoms with E-state index in [0.717, 1.165) is 15.6 Å². The number of hydrogen-bond donors (Lipinski definition) is 3. The van der Waals surface area contributed by atoms with E-state index >= 15 is 0 Å². The SMILES string of the molecule is CC(C)(C)OC(=O)NCCC(=O)Nc1cccc(CNC(=O)/C=C/c2ccc(Br)cc2)c1. The zero-order valence-electron chi connectivity index (χ0n) is 18.4. The van der Waals surface area contributed by atoms with Crippen LogP contribution >= 0.6 is 15.9 Å². The van der Waals surface area contributed by atoms with Gasteiger partial charge >= 0.3 is 6.09 Å². The van der Waals surface area contributed by atoms with E-state index in [1.165, 1.54) is 6.08 Å². The molecule has 0 radical (unpaired) electrons. The van der Waals surface area contributed by atoms with Crippen molar-refractivity contribution < 1.29 is 19.1 Å². The van der Waals surface area contributed by atoms with Crippen molar-refractivity contribution in [2.24, 2.45) is 0 Å². The van der Waals surface area contributed by atoms with Gasteiger partial charge in [0.2, 0.25) is 11.8 Å². The van der Waals surface area contributed by atoms with Crippen LogP contribution in [0.2, 0.25) is 0 Å². The number of nitrogens with one attached hydrogen (secondary N) is 3. The Labute approximate surface area is 196 Å². The van der Waals surface area contributed by atoms with Crippen molar-refractivity contribution in [1.82, 2.24) is 10.6 Å². The number of benzene rings is 2. The van der Waals surface area contributed by atoms with Gasteiger partial charge in [-0.25, -0.2) is 4.79 Å². The number of alkyl carbamates (subject to hydrolysis) is 1. The molecule has 2 aromatic rings. The topological polar surface area (TPSA) is 96.5 Å². The van der Waals surface area contributed by atoms with Crippen LogP contribution in [0.1, 0.15) is 38.3 Å². The monoisotopic (exact) mass is 501 g/mol. The van der Waals surface area contributed by atoms with Crippen molar-refractivity contribution in [3.8, 4) is 0 Å². The van der Waals surface area contributed by atoms with Crippen LogP contribution in [-0.4, -0.2) is 30.1 Å². The molecule has 2 rings (SSSR count). The third-order valence-electron chi connectivity index (χ3n) is 3.99. The summed E-state index contributed by atoms with van der Waals surface area (Å²) in [5.74, 6) is -0.449. The number of anilines is 1. The molecule has 0 bridgehead atoms. The van der Waals surface area contributed by atoms with Crippen LogP contribution in [0.5, 0.6) is 0 Å².